The van der Waals surface area contributed by atoms with Crippen molar-refractivity contribution in [2.45, 2.75) is 56.4 Å². The fourth-order valence-corrected chi connectivity index (χ4v) is 3.63. The van der Waals surface area contributed by atoms with Crippen LogP contribution in [0.2, 0.25) is 0 Å². The Balaban J connectivity index is 1.94. The molecule has 1 aromatic rings. The monoisotopic (exact) mass is 301 g/mol. The van der Waals surface area contributed by atoms with Crippen molar-refractivity contribution < 1.29 is 23.0 Å². The summed E-state index contributed by atoms with van der Waals surface area (Å²) in [7, 11) is 0. The van der Waals surface area contributed by atoms with Crippen LogP contribution in [0.4, 0.5) is 13.2 Å². The van der Waals surface area contributed by atoms with Crippen LogP contribution < -0.4 is 10.1 Å². The van der Waals surface area contributed by atoms with E-state index in [9.17, 15) is 18.3 Å². The third-order valence-corrected chi connectivity index (χ3v) is 4.41. The summed E-state index contributed by atoms with van der Waals surface area (Å²) in [5, 5.41) is 14.4. The maximum absolute atomic E-state index is 13.3. The van der Waals surface area contributed by atoms with Gasteiger partial charge in [0.1, 0.15) is 11.6 Å². The average Bonchev–Trinajstić information content (AvgIpc) is 2.36. The standard InChI is InChI=1S/C15H18F3NO2/c16-9-4-5-12(13(6-9)21-14(17)18)15(20)7-10-2-1-3-11(8-15)19-10/h4-6,10-11,14,19-20H,1-3,7-8H2. The minimum atomic E-state index is -3.05. The molecule has 3 nitrogen and oxygen atoms in total. The number of benzene rings is 1. The van der Waals surface area contributed by atoms with Crippen molar-refractivity contribution in [3.63, 3.8) is 0 Å². The van der Waals surface area contributed by atoms with E-state index in [2.05, 4.69) is 10.1 Å². The Morgan fingerprint density at radius 2 is 1.90 bits per heavy atom. The van der Waals surface area contributed by atoms with Crippen LogP contribution in [-0.2, 0) is 5.60 Å². The highest BCUT2D eigenvalue weighted by Gasteiger charge is 2.43. The summed E-state index contributed by atoms with van der Waals surface area (Å²) in [5.41, 5.74) is -0.999. The van der Waals surface area contributed by atoms with Crippen molar-refractivity contribution in [3.8, 4) is 5.75 Å². The molecule has 21 heavy (non-hydrogen) atoms. The first kappa shape index (κ1) is 14.7. The second-order valence-electron chi connectivity index (χ2n) is 5.95. The summed E-state index contributed by atoms with van der Waals surface area (Å²) in [6, 6.07) is 3.76. The van der Waals surface area contributed by atoms with Gasteiger partial charge in [-0.25, -0.2) is 4.39 Å². The first-order chi connectivity index (χ1) is 9.96. The van der Waals surface area contributed by atoms with Gasteiger partial charge in [-0.15, -0.1) is 0 Å². The normalized spacial score (nSPS) is 32.2. The van der Waals surface area contributed by atoms with Crippen LogP contribution in [0.1, 0.15) is 37.7 Å². The molecule has 1 aromatic carbocycles. The van der Waals surface area contributed by atoms with Crippen LogP contribution in [-0.4, -0.2) is 23.8 Å². The number of nitrogens with one attached hydrogen (secondary N) is 1. The molecule has 2 fully saturated rings. The number of piperidine rings is 2. The zero-order chi connectivity index (χ0) is 15.0. The minimum Gasteiger partial charge on any atom is -0.434 e. The summed E-state index contributed by atoms with van der Waals surface area (Å²) in [6.07, 6.45) is 3.85. The molecular weight excluding hydrogens is 283 g/mol. The number of halogens is 3. The van der Waals surface area contributed by atoms with E-state index in [0.717, 1.165) is 25.3 Å². The van der Waals surface area contributed by atoms with Crippen LogP contribution in [0.5, 0.6) is 5.75 Å². The fourth-order valence-electron chi connectivity index (χ4n) is 3.63. The lowest BCUT2D eigenvalue weighted by atomic mass is 9.73. The van der Waals surface area contributed by atoms with Gasteiger partial charge in [-0.1, -0.05) is 6.42 Å². The number of aliphatic hydroxyl groups is 1. The third kappa shape index (κ3) is 3.01. The van der Waals surface area contributed by atoms with E-state index in [0.29, 0.717) is 12.8 Å². The molecule has 6 heteroatoms. The maximum atomic E-state index is 13.3. The molecule has 0 aliphatic carbocycles. The molecule has 116 valence electrons. The quantitative estimate of drug-likeness (QED) is 0.902. The molecule has 2 unspecified atom stereocenters. The largest absolute Gasteiger partial charge is 0.434 e. The van der Waals surface area contributed by atoms with Gasteiger partial charge in [0.15, 0.2) is 0 Å². The van der Waals surface area contributed by atoms with Crippen molar-refractivity contribution in [1.29, 1.82) is 0 Å². The van der Waals surface area contributed by atoms with E-state index in [-0.39, 0.29) is 23.4 Å². The van der Waals surface area contributed by atoms with Crippen LogP contribution in [0.3, 0.4) is 0 Å². The molecule has 3 rings (SSSR count). The molecule has 2 heterocycles. The van der Waals surface area contributed by atoms with Crippen LogP contribution >= 0.6 is 0 Å². The van der Waals surface area contributed by atoms with Gasteiger partial charge in [-0.2, -0.15) is 8.78 Å². The van der Waals surface area contributed by atoms with Gasteiger partial charge in [0.25, 0.3) is 0 Å². The second kappa shape index (κ2) is 5.50. The number of hydrogen-bond donors (Lipinski definition) is 2. The Kier molecular flexibility index (Phi) is 3.84. The van der Waals surface area contributed by atoms with E-state index in [1.807, 2.05) is 0 Å². The van der Waals surface area contributed by atoms with Crippen LogP contribution in [0, 0.1) is 5.82 Å². The fraction of sp³-hybridized carbons (Fsp3) is 0.600. The molecule has 2 N–H and O–H groups in total. The first-order valence-corrected chi connectivity index (χ1v) is 7.19. The Labute approximate surface area is 121 Å². The summed E-state index contributed by atoms with van der Waals surface area (Å²) < 4.78 is 42.7. The lowest BCUT2D eigenvalue weighted by Crippen LogP contribution is -2.54. The number of hydrogen-bond acceptors (Lipinski definition) is 3. The predicted octanol–water partition coefficient (Wildman–Crippen LogP) is 2.92. The van der Waals surface area contributed by atoms with Gasteiger partial charge in [-0.05, 0) is 37.8 Å². The highest BCUT2D eigenvalue weighted by Crippen LogP contribution is 2.43. The van der Waals surface area contributed by atoms with Gasteiger partial charge in [-0.3, -0.25) is 0 Å². The molecule has 2 atom stereocenters. The zero-order valence-corrected chi connectivity index (χ0v) is 11.5. The predicted molar refractivity (Wildman–Crippen MR) is 70.7 cm³/mol. The maximum Gasteiger partial charge on any atom is 0.387 e. The third-order valence-electron chi connectivity index (χ3n) is 4.41. The first-order valence-electron chi connectivity index (χ1n) is 7.19. The summed E-state index contributed by atoms with van der Waals surface area (Å²) in [5.74, 6) is -0.931. The van der Waals surface area contributed by atoms with Crippen LogP contribution in [0.15, 0.2) is 18.2 Å². The molecule has 0 amide bonds. The Morgan fingerprint density at radius 3 is 2.52 bits per heavy atom. The number of alkyl halides is 2. The molecule has 0 aromatic heterocycles. The van der Waals surface area contributed by atoms with Gasteiger partial charge in [0, 0.05) is 23.7 Å². The molecule has 2 saturated heterocycles. The molecule has 2 aliphatic heterocycles. The molecule has 2 bridgehead atoms. The van der Waals surface area contributed by atoms with Crippen molar-refractivity contribution in [2.75, 3.05) is 0 Å². The SMILES string of the molecule is OC1(c2ccc(F)cc2OC(F)F)CC2CCCC(C1)N2. The van der Waals surface area contributed by atoms with Gasteiger partial charge in [0.2, 0.25) is 0 Å². The molecule has 0 radical (unpaired) electrons. The Morgan fingerprint density at radius 1 is 1.24 bits per heavy atom. The van der Waals surface area contributed by atoms with Gasteiger partial charge < -0.3 is 15.2 Å². The zero-order valence-electron chi connectivity index (χ0n) is 11.5. The van der Waals surface area contributed by atoms with Gasteiger partial charge in [0.05, 0.1) is 5.60 Å². The van der Waals surface area contributed by atoms with Gasteiger partial charge >= 0.3 is 6.61 Å². The van der Waals surface area contributed by atoms with E-state index >= 15 is 0 Å². The van der Waals surface area contributed by atoms with E-state index < -0.39 is 18.0 Å². The molecule has 0 spiro atoms. The highest BCUT2D eigenvalue weighted by atomic mass is 19.3. The van der Waals surface area contributed by atoms with Crippen molar-refractivity contribution in [3.05, 3.63) is 29.6 Å². The van der Waals surface area contributed by atoms with Crippen LogP contribution in [0.25, 0.3) is 0 Å². The lowest BCUT2D eigenvalue weighted by molar-refractivity contribution is -0.0633. The Bertz CT molecular complexity index is 512. The minimum absolute atomic E-state index is 0.159. The van der Waals surface area contributed by atoms with E-state index in [4.69, 9.17) is 0 Å². The average molecular weight is 301 g/mol. The number of fused-ring (bicyclic) bond motifs is 2. The summed E-state index contributed by atoms with van der Waals surface area (Å²) in [4.78, 5) is 0. The molecule has 0 saturated carbocycles. The van der Waals surface area contributed by atoms with Crippen molar-refractivity contribution in [2.24, 2.45) is 0 Å². The van der Waals surface area contributed by atoms with E-state index in [1.54, 1.807) is 0 Å². The topological polar surface area (TPSA) is 41.5 Å². The summed E-state index contributed by atoms with van der Waals surface area (Å²) >= 11 is 0. The molecule has 2 aliphatic rings. The lowest BCUT2D eigenvalue weighted by Gasteiger charge is -2.45. The number of ether oxygens (including phenoxy) is 1. The highest BCUT2D eigenvalue weighted by molar-refractivity contribution is 5.39. The second-order valence-corrected chi connectivity index (χ2v) is 5.95. The Hall–Kier alpha value is -1.27. The smallest absolute Gasteiger partial charge is 0.387 e. The molecular formula is C15H18F3NO2. The van der Waals surface area contributed by atoms with E-state index in [1.165, 1.54) is 12.1 Å². The summed E-state index contributed by atoms with van der Waals surface area (Å²) in [6.45, 7) is -3.05. The number of rotatable bonds is 3. The van der Waals surface area contributed by atoms with Crippen molar-refractivity contribution in [1.82, 2.24) is 5.32 Å². The van der Waals surface area contributed by atoms with Crippen molar-refractivity contribution >= 4 is 0 Å².